The highest BCUT2D eigenvalue weighted by Gasteiger charge is 2.32. The molecule has 1 aliphatic rings. The van der Waals surface area contributed by atoms with Gasteiger partial charge in [0, 0.05) is 12.7 Å². The number of amides is 1. The Hall–Kier alpha value is -1.29. The summed E-state index contributed by atoms with van der Waals surface area (Å²) in [4.78, 5) is 14.6. The minimum absolute atomic E-state index is 0.151. The summed E-state index contributed by atoms with van der Waals surface area (Å²) in [6.45, 7) is 2.55. The molecule has 1 aromatic heterocycles. The van der Waals surface area contributed by atoms with Gasteiger partial charge in [0.2, 0.25) is 0 Å². The van der Waals surface area contributed by atoms with Crippen molar-refractivity contribution in [1.29, 1.82) is 0 Å². The number of aromatic amines is 1. The first-order chi connectivity index (χ1) is 8.09. The van der Waals surface area contributed by atoms with Crippen LogP contribution in [-0.4, -0.2) is 28.1 Å². The Kier molecular flexibility index (Phi) is 3.52. The summed E-state index contributed by atoms with van der Waals surface area (Å²) < 4.78 is 0. The van der Waals surface area contributed by atoms with Gasteiger partial charge in [0.05, 0.1) is 5.60 Å². The number of hydrogen-bond donors (Lipinski definition) is 3. The molecule has 0 bridgehead atoms. The van der Waals surface area contributed by atoms with Gasteiger partial charge in [-0.1, -0.05) is 6.92 Å². The van der Waals surface area contributed by atoms with Crippen LogP contribution in [0.25, 0.3) is 0 Å². The first kappa shape index (κ1) is 12.2. The minimum Gasteiger partial charge on any atom is -0.388 e. The third kappa shape index (κ3) is 3.09. The second-order valence-electron chi connectivity index (χ2n) is 5.17. The van der Waals surface area contributed by atoms with Gasteiger partial charge in [-0.3, -0.25) is 4.79 Å². The predicted molar refractivity (Wildman–Crippen MR) is 65.7 cm³/mol. The Bertz CT molecular complexity index is 365. The predicted octanol–water partition coefficient (Wildman–Crippen LogP) is 1.69. The maximum Gasteiger partial charge on any atom is 0.267 e. The average molecular weight is 236 g/mol. The number of H-pyrrole nitrogens is 1. The highest BCUT2D eigenvalue weighted by atomic mass is 16.3. The van der Waals surface area contributed by atoms with Gasteiger partial charge in [-0.05, 0) is 43.7 Å². The first-order valence-electron chi connectivity index (χ1n) is 6.23. The number of aromatic nitrogens is 1. The fourth-order valence-electron chi connectivity index (χ4n) is 2.29. The molecule has 1 saturated carbocycles. The molecule has 1 fully saturated rings. The van der Waals surface area contributed by atoms with E-state index in [1.807, 2.05) is 0 Å². The lowest BCUT2D eigenvalue weighted by atomic mass is 9.79. The number of hydrogen-bond acceptors (Lipinski definition) is 2. The summed E-state index contributed by atoms with van der Waals surface area (Å²) in [5.41, 5.74) is -0.174. The van der Waals surface area contributed by atoms with Crippen LogP contribution in [0.4, 0.5) is 0 Å². The smallest absolute Gasteiger partial charge is 0.267 e. The van der Waals surface area contributed by atoms with Crippen molar-refractivity contribution in [1.82, 2.24) is 10.3 Å². The van der Waals surface area contributed by atoms with E-state index in [9.17, 15) is 9.90 Å². The molecule has 94 valence electrons. The zero-order valence-corrected chi connectivity index (χ0v) is 10.2. The van der Waals surface area contributed by atoms with E-state index in [0.717, 1.165) is 25.7 Å². The zero-order chi connectivity index (χ0) is 12.3. The maximum absolute atomic E-state index is 11.7. The van der Waals surface area contributed by atoms with Crippen molar-refractivity contribution < 1.29 is 9.90 Å². The summed E-state index contributed by atoms with van der Waals surface area (Å²) >= 11 is 0. The number of aliphatic hydroxyl groups is 1. The maximum atomic E-state index is 11.7. The Morgan fingerprint density at radius 2 is 2.29 bits per heavy atom. The van der Waals surface area contributed by atoms with E-state index in [0.29, 0.717) is 18.2 Å². The van der Waals surface area contributed by atoms with Crippen LogP contribution in [0.15, 0.2) is 18.3 Å². The van der Waals surface area contributed by atoms with E-state index in [1.54, 1.807) is 18.3 Å². The summed E-state index contributed by atoms with van der Waals surface area (Å²) in [6.07, 6.45) is 5.34. The van der Waals surface area contributed by atoms with Crippen molar-refractivity contribution in [3.63, 3.8) is 0 Å². The van der Waals surface area contributed by atoms with E-state index in [-0.39, 0.29) is 5.91 Å². The van der Waals surface area contributed by atoms with E-state index in [2.05, 4.69) is 17.2 Å². The molecular weight excluding hydrogens is 216 g/mol. The van der Waals surface area contributed by atoms with Gasteiger partial charge in [-0.15, -0.1) is 0 Å². The minimum atomic E-state index is -0.714. The van der Waals surface area contributed by atoms with Crippen molar-refractivity contribution in [2.24, 2.45) is 5.92 Å². The van der Waals surface area contributed by atoms with Crippen LogP contribution in [0.2, 0.25) is 0 Å². The molecule has 1 aromatic rings. The quantitative estimate of drug-likeness (QED) is 0.747. The van der Waals surface area contributed by atoms with Gasteiger partial charge >= 0.3 is 0 Å². The fourth-order valence-corrected chi connectivity index (χ4v) is 2.29. The average Bonchev–Trinajstić information content (AvgIpc) is 2.84. The zero-order valence-electron chi connectivity index (χ0n) is 10.2. The molecule has 1 amide bonds. The van der Waals surface area contributed by atoms with Crippen LogP contribution < -0.4 is 5.32 Å². The summed E-state index contributed by atoms with van der Waals surface area (Å²) in [7, 11) is 0. The summed E-state index contributed by atoms with van der Waals surface area (Å²) in [5, 5.41) is 13.1. The molecule has 0 saturated heterocycles. The van der Waals surface area contributed by atoms with Crippen molar-refractivity contribution in [2.45, 2.75) is 38.2 Å². The molecule has 1 aliphatic carbocycles. The van der Waals surface area contributed by atoms with Gasteiger partial charge in [-0.2, -0.15) is 0 Å². The fraction of sp³-hybridized carbons (Fsp3) is 0.615. The topological polar surface area (TPSA) is 65.1 Å². The molecule has 0 radical (unpaired) electrons. The third-order valence-corrected chi connectivity index (χ3v) is 3.63. The van der Waals surface area contributed by atoms with Crippen molar-refractivity contribution in [3.8, 4) is 0 Å². The van der Waals surface area contributed by atoms with Crippen LogP contribution in [0.3, 0.4) is 0 Å². The number of carbonyl (C=O) groups is 1. The third-order valence-electron chi connectivity index (χ3n) is 3.63. The normalized spacial score (nSPS) is 28.9. The molecule has 1 heterocycles. The van der Waals surface area contributed by atoms with Crippen LogP contribution >= 0.6 is 0 Å². The standard InChI is InChI=1S/C13H20N2O2/c1-10-4-6-13(17,7-5-10)9-15-12(16)11-3-2-8-14-11/h2-3,8,10,14,17H,4-7,9H2,1H3,(H,15,16). The molecule has 3 N–H and O–H groups in total. The molecule has 0 spiro atoms. The lowest BCUT2D eigenvalue weighted by Crippen LogP contribution is -2.45. The monoisotopic (exact) mass is 236 g/mol. The molecule has 4 heteroatoms. The second kappa shape index (κ2) is 4.92. The van der Waals surface area contributed by atoms with Gasteiger partial charge in [-0.25, -0.2) is 0 Å². The van der Waals surface area contributed by atoms with E-state index in [4.69, 9.17) is 0 Å². The van der Waals surface area contributed by atoms with Crippen LogP contribution in [-0.2, 0) is 0 Å². The molecule has 0 aromatic carbocycles. The largest absolute Gasteiger partial charge is 0.388 e. The van der Waals surface area contributed by atoms with Crippen molar-refractivity contribution in [3.05, 3.63) is 24.0 Å². The van der Waals surface area contributed by atoms with Gasteiger partial charge < -0.3 is 15.4 Å². The lowest BCUT2D eigenvalue weighted by molar-refractivity contribution is -0.00543. The van der Waals surface area contributed by atoms with E-state index < -0.39 is 5.60 Å². The lowest BCUT2D eigenvalue weighted by Gasteiger charge is -2.34. The molecule has 0 atom stereocenters. The second-order valence-corrected chi connectivity index (χ2v) is 5.17. The van der Waals surface area contributed by atoms with E-state index >= 15 is 0 Å². The molecule has 2 rings (SSSR count). The Labute approximate surface area is 101 Å². The summed E-state index contributed by atoms with van der Waals surface area (Å²) in [6, 6.07) is 3.51. The van der Waals surface area contributed by atoms with Crippen LogP contribution in [0, 0.1) is 5.92 Å². The van der Waals surface area contributed by atoms with Crippen molar-refractivity contribution >= 4 is 5.91 Å². The van der Waals surface area contributed by atoms with Crippen LogP contribution in [0.5, 0.6) is 0 Å². The van der Waals surface area contributed by atoms with E-state index in [1.165, 1.54) is 0 Å². The number of rotatable bonds is 3. The van der Waals surface area contributed by atoms with Gasteiger partial charge in [0.25, 0.3) is 5.91 Å². The van der Waals surface area contributed by atoms with Crippen LogP contribution in [0.1, 0.15) is 43.1 Å². The molecule has 0 unspecified atom stereocenters. The number of nitrogens with one attached hydrogen (secondary N) is 2. The summed E-state index contributed by atoms with van der Waals surface area (Å²) in [5.74, 6) is 0.538. The Morgan fingerprint density at radius 3 is 2.88 bits per heavy atom. The highest BCUT2D eigenvalue weighted by molar-refractivity contribution is 5.92. The SMILES string of the molecule is CC1CCC(O)(CNC(=O)c2ccc[nH]2)CC1. The highest BCUT2D eigenvalue weighted by Crippen LogP contribution is 2.31. The van der Waals surface area contributed by atoms with Crippen molar-refractivity contribution in [2.75, 3.05) is 6.54 Å². The van der Waals surface area contributed by atoms with Gasteiger partial charge in [0.1, 0.15) is 5.69 Å². The first-order valence-corrected chi connectivity index (χ1v) is 6.23. The molecule has 17 heavy (non-hydrogen) atoms. The van der Waals surface area contributed by atoms with Gasteiger partial charge in [0.15, 0.2) is 0 Å². The Morgan fingerprint density at radius 1 is 1.59 bits per heavy atom. The molecular formula is C13H20N2O2. The molecule has 4 nitrogen and oxygen atoms in total. The number of carbonyl (C=O) groups excluding carboxylic acids is 1. The molecule has 0 aliphatic heterocycles. The Balaban J connectivity index is 1.83.